The topological polar surface area (TPSA) is 32.3 Å². The molecule has 1 atom stereocenters. The van der Waals surface area contributed by atoms with Gasteiger partial charge in [-0.1, -0.05) is 0 Å². The third-order valence-corrected chi connectivity index (χ3v) is 3.25. The minimum Gasteiger partial charge on any atom is -0.338 e. The van der Waals surface area contributed by atoms with Crippen LogP contribution in [0.3, 0.4) is 0 Å². The van der Waals surface area contributed by atoms with E-state index in [0.29, 0.717) is 12.6 Å². The molecule has 1 saturated heterocycles. The minimum atomic E-state index is 0.0602. The van der Waals surface area contributed by atoms with E-state index in [4.69, 9.17) is 0 Å². The van der Waals surface area contributed by atoms with Gasteiger partial charge in [-0.25, -0.2) is 4.79 Å². The van der Waals surface area contributed by atoms with Crippen molar-refractivity contribution in [1.82, 2.24) is 10.2 Å². The van der Waals surface area contributed by atoms with Gasteiger partial charge in [0.05, 0.1) is 0 Å². The summed E-state index contributed by atoms with van der Waals surface area (Å²) in [6, 6.07) is 0.506. The lowest BCUT2D eigenvalue weighted by atomic mass is 10.2. The zero-order valence-corrected chi connectivity index (χ0v) is 8.49. The maximum atomic E-state index is 11.3. The Bertz CT molecular complexity index is 157. The van der Waals surface area contributed by atoms with E-state index in [0.717, 1.165) is 12.2 Å². The highest BCUT2D eigenvalue weighted by Gasteiger charge is 2.22. The highest BCUT2D eigenvalue weighted by Crippen LogP contribution is 2.21. The number of thioether (sulfide) groups is 1. The van der Waals surface area contributed by atoms with Gasteiger partial charge in [0.1, 0.15) is 0 Å². The van der Waals surface area contributed by atoms with Gasteiger partial charge in [0.25, 0.3) is 0 Å². The molecule has 70 valence electrons. The summed E-state index contributed by atoms with van der Waals surface area (Å²) in [4.78, 5) is 13.2. The molecule has 4 heteroatoms. The van der Waals surface area contributed by atoms with Crippen LogP contribution in [0, 0.1) is 0 Å². The van der Waals surface area contributed by atoms with Crippen LogP contribution < -0.4 is 5.32 Å². The third-order valence-electron chi connectivity index (χ3n) is 2.10. The quantitative estimate of drug-likeness (QED) is 0.705. The molecule has 0 aromatic rings. The van der Waals surface area contributed by atoms with Crippen LogP contribution in [0.4, 0.5) is 4.79 Å². The van der Waals surface area contributed by atoms with Crippen LogP contribution in [-0.2, 0) is 0 Å². The number of nitrogens with zero attached hydrogens (tertiary/aromatic N) is 1. The molecule has 0 radical (unpaired) electrons. The number of nitrogens with one attached hydrogen (secondary N) is 1. The number of carbonyl (C=O) groups is 1. The Kier molecular flexibility index (Phi) is 3.72. The second kappa shape index (κ2) is 4.60. The summed E-state index contributed by atoms with van der Waals surface area (Å²) in [5.74, 6) is 2.28. The van der Waals surface area contributed by atoms with E-state index in [1.807, 2.05) is 30.6 Å². The number of carbonyl (C=O) groups excluding carboxylic acids is 1. The molecule has 1 N–H and O–H groups in total. The largest absolute Gasteiger partial charge is 0.338 e. The van der Waals surface area contributed by atoms with Crippen molar-refractivity contribution in [3.8, 4) is 0 Å². The summed E-state index contributed by atoms with van der Waals surface area (Å²) in [5.41, 5.74) is 0. The maximum Gasteiger partial charge on any atom is 0.317 e. The Balaban J connectivity index is 2.34. The average Bonchev–Trinajstić information content (AvgIpc) is 2.55. The van der Waals surface area contributed by atoms with E-state index in [1.165, 1.54) is 5.75 Å². The van der Waals surface area contributed by atoms with Crippen LogP contribution in [0.1, 0.15) is 13.3 Å². The van der Waals surface area contributed by atoms with Gasteiger partial charge >= 0.3 is 6.03 Å². The molecule has 1 rings (SSSR count). The van der Waals surface area contributed by atoms with E-state index >= 15 is 0 Å². The molecule has 0 saturated carbocycles. The molecule has 0 aromatic heterocycles. The van der Waals surface area contributed by atoms with Crippen molar-refractivity contribution in [2.75, 3.05) is 25.1 Å². The van der Waals surface area contributed by atoms with E-state index < -0.39 is 0 Å². The first-order valence-corrected chi connectivity index (χ1v) is 5.49. The normalized spacial score (nSPS) is 22.3. The molecule has 2 amide bonds. The Morgan fingerprint density at radius 3 is 3.00 bits per heavy atom. The van der Waals surface area contributed by atoms with Crippen molar-refractivity contribution in [2.45, 2.75) is 19.4 Å². The summed E-state index contributed by atoms with van der Waals surface area (Å²) in [6.07, 6.45) is 1.14. The van der Waals surface area contributed by atoms with Crippen LogP contribution in [-0.4, -0.2) is 42.1 Å². The maximum absolute atomic E-state index is 11.3. The summed E-state index contributed by atoms with van der Waals surface area (Å²) < 4.78 is 0. The molecule has 1 aliphatic heterocycles. The lowest BCUT2D eigenvalue weighted by Crippen LogP contribution is -2.43. The Morgan fingerprint density at radius 2 is 2.50 bits per heavy atom. The van der Waals surface area contributed by atoms with Gasteiger partial charge < -0.3 is 10.2 Å². The second-order valence-electron chi connectivity index (χ2n) is 2.96. The Hall–Kier alpha value is -0.380. The van der Waals surface area contributed by atoms with Crippen LogP contribution in [0.15, 0.2) is 0 Å². The van der Waals surface area contributed by atoms with Crippen molar-refractivity contribution in [2.24, 2.45) is 0 Å². The van der Waals surface area contributed by atoms with Gasteiger partial charge in [-0.2, -0.15) is 11.8 Å². The predicted octanol–water partition coefficient (Wildman–Crippen LogP) is 1.15. The van der Waals surface area contributed by atoms with E-state index in [2.05, 4.69) is 5.32 Å². The predicted molar refractivity (Wildman–Crippen MR) is 52.6 cm³/mol. The zero-order chi connectivity index (χ0) is 8.97. The summed E-state index contributed by atoms with van der Waals surface area (Å²) in [6.45, 7) is 2.65. The summed E-state index contributed by atoms with van der Waals surface area (Å²) >= 11 is 1.92. The van der Waals surface area contributed by atoms with Crippen molar-refractivity contribution >= 4 is 17.8 Å². The number of amides is 2. The summed E-state index contributed by atoms with van der Waals surface area (Å²) in [5, 5.41) is 2.80. The Labute approximate surface area is 77.9 Å². The molecule has 12 heavy (non-hydrogen) atoms. The average molecular weight is 188 g/mol. The second-order valence-corrected chi connectivity index (χ2v) is 4.11. The lowest BCUT2D eigenvalue weighted by Gasteiger charge is -2.23. The lowest BCUT2D eigenvalue weighted by molar-refractivity contribution is 0.196. The van der Waals surface area contributed by atoms with Crippen LogP contribution in [0.2, 0.25) is 0 Å². The molecule has 0 aliphatic carbocycles. The van der Waals surface area contributed by atoms with E-state index in [-0.39, 0.29) is 6.03 Å². The molecule has 0 aromatic carbocycles. The highest BCUT2D eigenvalue weighted by atomic mass is 32.2. The number of hydrogen-bond acceptors (Lipinski definition) is 2. The molecule has 0 bridgehead atoms. The summed E-state index contributed by atoms with van der Waals surface area (Å²) in [7, 11) is 1.88. The van der Waals surface area contributed by atoms with E-state index in [9.17, 15) is 4.79 Å². The SMILES string of the molecule is CCNC(=O)N(C)C1CCSC1. The van der Waals surface area contributed by atoms with Gasteiger partial charge in [0.15, 0.2) is 0 Å². The molecular weight excluding hydrogens is 172 g/mol. The van der Waals surface area contributed by atoms with E-state index in [1.54, 1.807) is 0 Å². The smallest absolute Gasteiger partial charge is 0.317 e. The fourth-order valence-corrected chi connectivity index (χ4v) is 2.54. The Morgan fingerprint density at radius 1 is 1.75 bits per heavy atom. The first kappa shape index (κ1) is 9.71. The molecule has 1 aliphatic rings. The van der Waals surface area contributed by atoms with Gasteiger partial charge in [-0.3, -0.25) is 0 Å². The molecule has 3 nitrogen and oxygen atoms in total. The van der Waals surface area contributed by atoms with Crippen molar-refractivity contribution in [3.63, 3.8) is 0 Å². The standard InChI is InChI=1S/C8H16N2OS/c1-3-9-8(11)10(2)7-4-5-12-6-7/h7H,3-6H2,1-2H3,(H,9,11). The van der Waals surface area contributed by atoms with Gasteiger partial charge in [0.2, 0.25) is 0 Å². The van der Waals surface area contributed by atoms with Crippen LogP contribution >= 0.6 is 11.8 Å². The fourth-order valence-electron chi connectivity index (χ4n) is 1.27. The third kappa shape index (κ3) is 2.30. The first-order chi connectivity index (χ1) is 5.75. The first-order valence-electron chi connectivity index (χ1n) is 4.34. The van der Waals surface area contributed by atoms with Crippen LogP contribution in [0.5, 0.6) is 0 Å². The molecule has 1 heterocycles. The molecular formula is C8H16N2OS. The van der Waals surface area contributed by atoms with Gasteiger partial charge in [0, 0.05) is 25.4 Å². The highest BCUT2D eigenvalue weighted by molar-refractivity contribution is 7.99. The van der Waals surface area contributed by atoms with Crippen molar-refractivity contribution in [3.05, 3.63) is 0 Å². The fraction of sp³-hybridized carbons (Fsp3) is 0.875. The molecule has 0 spiro atoms. The van der Waals surface area contributed by atoms with Gasteiger partial charge in [-0.05, 0) is 19.1 Å². The minimum absolute atomic E-state index is 0.0602. The molecule has 1 fully saturated rings. The number of rotatable bonds is 2. The number of hydrogen-bond donors (Lipinski definition) is 1. The van der Waals surface area contributed by atoms with Gasteiger partial charge in [-0.15, -0.1) is 0 Å². The van der Waals surface area contributed by atoms with Crippen molar-refractivity contribution in [1.29, 1.82) is 0 Å². The van der Waals surface area contributed by atoms with Crippen molar-refractivity contribution < 1.29 is 4.79 Å². The zero-order valence-electron chi connectivity index (χ0n) is 7.67. The van der Waals surface area contributed by atoms with Crippen LogP contribution in [0.25, 0.3) is 0 Å². The molecule has 1 unspecified atom stereocenters. The number of urea groups is 1. The monoisotopic (exact) mass is 188 g/mol.